The van der Waals surface area contributed by atoms with E-state index in [9.17, 15) is 5.11 Å². The van der Waals surface area contributed by atoms with Crippen LogP contribution >= 0.6 is 0 Å². The Morgan fingerprint density at radius 2 is 2.19 bits per heavy atom. The number of aromatic hydroxyl groups is 1. The molecule has 2 atom stereocenters. The third-order valence-electron chi connectivity index (χ3n) is 3.30. The molecule has 0 bridgehead atoms. The van der Waals surface area contributed by atoms with Crippen molar-refractivity contribution in [2.75, 3.05) is 20.3 Å². The summed E-state index contributed by atoms with van der Waals surface area (Å²) in [7, 11) is 2.00. The number of phenolic OH excluding ortho intramolecular Hbond substituents is 1. The van der Waals surface area contributed by atoms with E-state index in [0.29, 0.717) is 17.7 Å². The molecule has 1 saturated heterocycles. The Morgan fingerprint density at radius 1 is 1.44 bits per heavy atom. The Hall–Kier alpha value is -1.06. The number of benzene rings is 1. The van der Waals surface area contributed by atoms with Crippen molar-refractivity contribution >= 4 is 0 Å². The number of phenols is 1. The highest BCUT2D eigenvalue weighted by atomic mass is 16.5. The summed E-state index contributed by atoms with van der Waals surface area (Å²) in [5.41, 5.74) is 1.25. The second kappa shape index (κ2) is 5.32. The number of likely N-dealkylation sites (N-methyl/N-ethyl adjacent to an activating group) is 1. The summed E-state index contributed by atoms with van der Waals surface area (Å²) >= 11 is 0. The highest BCUT2D eigenvalue weighted by Gasteiger charge is 2.24. The van der Waals surface area contributed by atoms with Gasteiger partial charge in [0.15, 0.2) is 0 Å². The quantitative estimate of drug-likeness (QED) is 0.810. The van der Waals surface area contributed by atoms with Crippen LogP contribution in [0.2, 0.25) is 0 Å². The first kappa shape index (κ1) is 11.4. The van der Waals surface area contributed by atoms with Gasteiger partial charge in [-0.2, -0.15) is 0 Å². The first-order valence-corrected chi connectivity index (χ1v) is 5.82. The lowest BCUT2D eigenvalue weighted by molar-refractivity contribution is 0.177. The van der Waals surface area contributed by atoms with Gasteiger partial charge in [-0.1, -0.05) is 12.1 Å². The van der Waals surface area contributed by atoms with Gasteiger partial charge in [0.1, 0.15) is 5.75 Å². The first-order chi connectivity index (χ1) is 7.79. The fourth-order valence-electron chi connectivity index (χ4n) is 2.26. The van der Waals surface area contributed by atoms with E-state index in [2.05, 4.69) is 5.32 Å². The largest absolute Gasteiger partial charge is 0.508 e. The van der Waals surface area contributed by atoms with E-state index in [1.54, 1.807) is 12.1 Å². The van der Waals surface area contributed by atoms with Crippen molar-refractivity contribution in [2.45, 2.75) is 18.9 Å². The van der Waals surface area contributed by atoms with Gasteiger partial charge in [0, 0.05) is 18.6 Å². The maximum absolute atomic E-state index is 9.22. The van der Waals surface area contributed by atoms with Gasteiger partial charge in [-0.25, -0.2) is 0 Å². The molecule has 3 nitrogen and oxygen atoms in total. The zero-order chi connectivity index (χ0) is 11.4. The molecular formula is C13H19NO2. The number of ether oxygens (including phenoxy) is 1. The Morgan fingerprint density at radius 3 is 2.75 bits per heavy atom. The third kappa shape index (κ3) is 2.74. The van der Waals surface area contributed by atoms with Crippen LogP contribution in [0.4, 0.5) is 0 Å². The van der Waals surface area contributed by atoms with Gasteiger partial charge in [-0.05, 0) is 37.6 Å². The normalized spacial score (nSPS) is 22.2. The summed E-state index contributed by atoms with van der Waals surface area (Å²) in [5, 5.41) is 12.6. The van der Waals surface area contributed by atoms with Crippen molar-refractivity contribution in [2.24, 2.45) is 5.92 Å². The lowest BCUT2D eigenvalue weighted by Crippen LogP contribution is -2.35. The van der Waals surface area contributed by atoms with Crippen LogP contribution in [0.15, 0.2) is 24.3 Å². The molecule has 1 aliphatic heterocycles. The molecule has 0 radical (unpaired) electrons. The summed E-state index contributed by atoms with van der Waals surface area (Å²) in [4.78, 5) is 0. The third-order valence-corrected chi connectivity index (χ3v) is 3.30. The molecule has 16 heavy (non-hydrogen) atoms. The van der Waals surface area contributed by atoms with Crippen molar-refractivity contribution in [1.29, 1.82) is 0 Å². The molecule has 0 saturated carbocycles. The van der Waals surface area contributed by atoms with Crippen molar-refractivity contribution in [3.8, 4) is 5.75 Å². The van der Waals surface area contributed by atoms with Crippen LogP contribution in [0, 0.1) is 5.92 Å². The van der Waals surface area contributed by atoms with Crippen LogP contribution in [-0.2, 0) is 11.2 Å². The SMILES string of the molecule is CNC(Cc1ccc(O)cc1)C1CCOC1. The number of rotatable bonds is 4. The average Bonchev–Trinajstić information content (AvgIpc) is 2.82. The highest BCUT2D eigenvalue weighted by Crippen LogP contribution is 2.20. The lowest BCUT2D eigenvalue weighted by Gasteiger charge is -2.21. The average molecular weight is 221 g/mol. The Bertz CT molecular complexity index is 317. The first-order valence-electron chi connectivity index (χ1n) is 5.82. The molecule has 1 fully saturated rings. The fraction of sp³-hybridized carbons (Fsp3) is 0.538. The van der Waals surface area contributed by atoms with Gasteiger partial charge in [0.05, 0.1) is 6.61 Å². The maximum Gasteiger partial charge on any atom is 0.115 e. The van der Waals surface area contributed by atoms with Gasteiger partial charge in [0.25, 0.3) is 0 Å². The van der Waals surface area contributed by atoms with E-state index in [1.807, 2.05) is 19.2 Å². The zero-order valence-corrected chi connectivity index (χ0v) is 9.65. The van der Waals surface area contributed by atoms with Gasteiger partial charge in [-0.15, -0.1) is 0 Å². The smallest absolute Gasteiger partial charge is 0.115 e. The van der Waals surface area contributed by atoms with Crippen molar-refractivity contribution in [3.63, 3.8) is 0 Å². The molecule has 2 rings (SSSR count). The molecule has 0 amide bonds. The summed E-state index contributed by atoms with van der Waals surface area (Å²) in [6.07, 6.45) is 2.13. The predicted octanol–water partition coefficient (Wildman–Crippen LogP) is 1.56. The van der Waals surface area contributed by atoms with E-state index in [4.69, 9.17) is 4.74 Å². The van der Waals surface area contributed by atoms with Gasteiger partial charge in [-0.3, -0.25) is 0 Å². The number of hydrogen-bond donors (Lipinski definition) is 2. The Labute approximate surface area is 96.4 Å². The molecule has 0 aliphatic carbocycles. The van der Waals surface area contributed by atoms with Crippen molar-refractivity contribution < 1.29 is 9.84 Å². The van der Waals surface area contributed by atoms with E-state index in [0.717, 1.165) is 26.1 Å². The van der Waals surface area contributed by atoms with Crippen molar-refractivity contribution in [1.82, 2.24) is 5.32 Å². The molecule has 0 aromatic heterocycles. The molecular weight excluding hydrogens is 202 g/mol. The summed E-state index contributed by atoms with van der Waals surface area (Å²) in [6, 6.07) is 7.91. The van der Waals surface area contributed by atoms with Crippen LogP contribution in [0.3, 0.4) is 0 Å². The van der Waals surface area contributed by atoms with Crippen molar-refractivity contribution in [3.05, 3.63) is 29.8 Å². The molecule has 1 aromatic rings. The highest BCUT2D eigenvalue weighted by molar-refractivity contribution is 5.26. The molecule has 2 unspecified atom stereocenters. The second-order valence-electron chi connectivity index (χ2n) is 4.39. The van der Waals surface area contributed by atoms with Crippen LogP contribution in [-0.4, -0.2) is 31.4 Å². The molecule has 88 valence electrons. The minimum atomic E-state index is 0.328. The fourth-order valence-corrected chi connectivity index (χ4v) is 2.26. The molecule has 1 aromatic carbocycles. The van der Waals surface area contributed by atoms with Crippen LogP contribution in [0.25, 0.3) is 0 Å². The lowest BCUT2D eigenvalue weighted by atomic mass is 9.93. The van der Waals surface area contributed by atoms with Gasteiger partial charge < -0.3 is 15.2 Å². The zero-order valence-electron chi connectivity index (χ0n) is 9.65. The molecule has 1 heterocycles. The number of nitrogens with one attached hydrogen (secondary N) is 1. The van der Waals surface area contributed by atoms with E-state index in [-0.39, 0.29) is 0 Å². The molecule has 0 spiro atoms. The second-order valence-corrected chi connectivity index (χ2v) is 4.39. The maximum atomic E-state index is 9.22. The predicted molar refractivity (Wildman–Crippen MR) is 63.6 cm³/mol. The standard InChI is InChI=1S/C13H19NO2/c1-14-13(11-6-7-16-9-11)8-10-2-4-12(15)5-3-10/h2-5,11,13-15H,6-9H2,1H3. The number of hydrogen-bond acceptors (Lipinski definition) is 3. The van der Waals surface area contributed by atoms with Gasteiger partial charge >= 0.3 is 0 Å². The summed E-state index contributed by atoms with van der Waals surface area (Å²) < 4.78 is 5.42. The topological polar surface area (TPSA) is 41.5 Å². The van der Waals surface area contributed by atoms with E-state index in [1.165, 1.54) is 5.56 Å². The van der Waals surface area contributed by atoms with Crippen LogP contribution in [0.1, 0.15) is 12.0 Å². The van der Waals surface area contributed by atoms with Crippen LogP contribution < -0.4 is 5.32 Å². The van der Waals surface area contributed by atoms with E-state index >= 15 is 0 Å². The van der Waals surface area contributed by atoms with E-state index < -0.39 is 0 Å². The monoisotopic (exact) mass is 221 g/mol. The molecule has 2 N–H and O–H groups in total. The summed E-state index contributed by atoms with van der Waals surface area (Å²) in [5.74, 6) is 0.938. The van der Waals surface area contributed by atoms with Crippen LogP contribution in [0.5, 0.6) is 5.75 Å². The summed E-state index contributed by atoms with van der Waals surface area (Å²) in [6.45, 7) is 1.75. The Kier molecular flexibility index (Phi) is 3.80. The molecule has 1 aliphatic rings. The van der Waals surface area contributed by atoms with Gasteiger partial charge in [0.2, 0.25) is 0 Å². The minimum absolute atomic E-state index is 0.328. The molecule has 3 heteroatoms. The Balaban J connectivity index is 1.97. The minimum Gasteiger partial charge on any atom is -0.508 e.